The van der Waals surface area contributed by atoms with E-state index in [-0.39, 0.29) is 29.0 Å². The first-order valence-corrected chi connectivity index (χ1v) is 12.7. The van der Waals surface area contributed by atoms with Gasteiger partial charge in [-0.2, -0.15) is 15.1 Å². The largest absolute Gasteiger partial charge is 0.477 e. The Bertz CT molecular complexity index is 1410. The Kier molecular flexibility index (Phi) is 7.34. The third kappa shape index (κ3) is 5.14. The van der Waals surface area contributed by atoms with Crippen LogP contribution in [-0.2, 0) is 16.6 Å². The predicted octanol–water partition coefficient (Wildman–Crippen LogP) is 2.21. The number of aryl methyl sites for hydroxylation is 1. The summed E-state index contributed by atoms with van der Waals surface area (Å²) in [5, 5.41) is 20.0. The lowest BCUT2D eigenvalue weighted by atomic mass is 10.2. The topological polar surface area (TPSA) is 136 Å². The van der Waals surface area contributed by atoms with E-state index in [1.165, 1.54) is 6.20 Å². The Morgan fingerprint density at radius 3 is 2.57 bits per heavy atom. The van der Waals surface area contributed by atoms with E-state index in [0.717, 1.165) is 15.2 Å². The average molecular weight is 500 g/mol. The third-order valence-electron chi connectivity index (χ3n) is 5.47. The number of nitrogens with one attached hydrogen (secondary N) is 2. The van der Waals surface area contributed by atoms with Crippen LogP contribution in [0.3, 0.4) is 0 Å². The molecule has 11 nitrogen and oxygen atoms in total. The number of nitrogens with zero attached hydrogens (tertiary/aromatic N) is 5. The lowest BCUT2D eigenvalue weighted by molar-refractivity contribution is 0.291. The molecule has 0 unspecified atom stereocenters. The van der Waals surface area contributed by atoms with Crippen molar-refractivity contribution in [1.82, 2.24) is 29.0 Å². The molecule has 0 aliphatic carbocycles. The minimum atomic E-state index is -3.88. The molecule has 4 aromatic rings. The number of aliphatic hydroxyl groups is 1. The summed E-state index contributed by atoms with van der Waals surface area (Å²) in [5.74, 6) is 0.483. The molecule has 4 rings (SSSR count). The highest BCUT2D eigenvalue weighted by Gasteiger charge is 2.23. The SMILES string of the molecule is CCOc1nc(Nc2cnn(CCNCCO)c2C)nc2c1ccn2S(=O)(=O)c1ccc(C)cc1. The molecule has 0 bridgehead atoms. The molecule has 0 fully saturated rings. The average Bonchev–Trinajstić information content (AvgIpc) is 3.42. The molecular formula is C23H29N7O4S. The van der Waals surface area contributed by atoms with Gasteiger partial charge in [-0.05, 0) is 39.0 Å². The van der Waals surface area contributed by atoms with Gasteiger partial charge in [0.1, 0.15) is 0 Å². The summed E-state index contributed by atoms with van der Waals surface area (Å²) in [5.41, 5.74) is 2.73. The summed E-state index contributed by atoms with van der Waals surface area (Å²) in [7, 11) is -3.88. The van der Waals surface area contributed by atoms with Crippen molar-refractivity contribution in [3.05, 3.63) is 54.0 Å². The van der Waals surface area contributed by atoms with Gasteiger partial charge in [-0.1, -0.05) is 17.7 Å². The predicted molar refractivity (Wildman–Crippen MR) is 133 cm³/mol. The highest BCUT2D eigenvalue weighted by molar-refractivity contribution is 7.90. The molecule has 0 spiro atoms. The van der Waals surface area contributed by atoms with Crippen LogP contribution in [0, 0.1) is 13.8 Å². The van der Waals surface area contributed by atoms with Crippen molar-refractivity contribution in [2.45, 2.75) is 32.2 Å². The van der Waals surface area contributed by atoms with Gasteiger partial charge in [0.25, 0.3) is 10.0 Å². The van der Waals surface area contributed by atoms with Gasteiger partial charge >= 0.3 is 0 Å². The van der Waals surface area contributed by atoms with E-state index >= 15 is 0 Å². The maximum absolute atomic E-state index is 13.4. The van der Waals surface area contributed by atoms with E-state index in [1.54, 1.807) is 36.5 Å². The summed E-state index contributed by atoms with van der Waals surface area (Å²) in [6.45, 7) is 7.88. The second-order valence-electron chi connectivity index (χ2n) is 7.92. The van der Waals surface area contributed by atoms with Crippen LogP contribution in [-0.4, -0.2) is 63.5 Å². The molecule has 186 valence electrons. The molecule has 0 radical (unpaired) electrons. The molecule has 0 amide bonds. The first-order chi connectivity index (χ1) is 16.8. The van der Waals surface area contributed by atoms with Crippen molar-refractivity contribution < 1.29 is 18.3 Å². The highest BCUT2D eigenvalue weighted by atomic mass is 32.2. The van der Waals surface area contributed by atoms with Crippen molar-refractivity contribution in [3.63, 3.8) is 0 Å². The summed E-state index contributed by atoms with van der Waals surface area (Å²) >= 11 is 0. The Hall–Kier alpha value is -3.48. The van der Waals surface area contributed by atoms with Crippen LogP contribution < -0.4 is 15.4 Å². The maximum atomic E-state index is 13.4. The lowest BCUT2D eigenvalue weighted by Crippen LogP contribution is -2.23. The van der Waals surface area contributed by atoms with E-state index in [0.29, 0.717) is 37.3 Å². The van der Waals surface area contributed by atoms with Crippen molar-refractivity contribution in [1.29, 1.82) is 0 Å². The molecule has 0 atom stereocenters. The molecule has 3 N–H and O–H groups in total. The van der Waals surface area contributed by atoms with Crippen LogP contribution in [0.2, 0.25) is 0 Å². The van der Waals surface area contributed by atoms with E-state index in [1.807, 2.05) is 25.5 Å². The Balaban J connectivity index is 1.70. The quantitative estimate of drug-likeness (QED) is 0.265. The monoisotopic (exact) mass is 499 g/mol. The number of hydrogen-bond donors (Lipinski definition) is 3. The zero-order chi connectivity index (χ0) is 25.0. The van der Waals surface area contributed by atoms with Crippen LogP contribution in [0.15, 0.2) is 47.6 Å². The summed E-state index contributed by atoms with van der Waals surface area (Å²) in [4.78, 5) is 9.16. The number of aromatic nitrogens is 5. The van der Waals surface area contributed by atoms with Gasteiger partial charge < -0.3 is 20.5 Å². The van der Waals surface area contributed by atoms with E-state index in [2.05, 4.69) is 25.7 Å². The standard InChI is InChI=1S/C23H29N7O4S/c1-4-34-22-19-9-12-30(35(32,33)18-7-5-16(2)6-8-18)21(19)27-23(28-22)26-20-15-25-29(17(20)3)13-10-24-11-14-31/h5-9,12,15,24,31H,4,10-11,13-14H2,1-3H3,(H,26,27,28). The van der Waals surface area contributed by atoms with Crippen LogP contribution in [0.25, 0.3) is 11.0 Å². The van der Waals surface area contributed by atoms with Gasteiger partial charge in [0.2, 0.25) is 11.8 Å². The summed E-state index contributed by atoms with van der Waals surface area (Å²) in [6, 6.07) is 8.30. The van der Waals surface area contributed by atoms with Crippen molar-refractivity contribution in [2.24, 2.45) is 0 Å². The number of rotatable bonds is 11. The van der Waals surface area contributed by atoms with Crippen molar-refractivity contribution >= 4 is 32.7 Å². The number of benzene rings is 1. The molecule has 0 saturated heterocycles. The molecule has 3 aromatic heterocycles. The molecule has 3 heterocycles. The molecule has 35 heavy (non-hydrogen) atoms. The zero-order valence-corrected chi connectivity index (χ0v) is 20.7. The first kappa shape index (κ1) is 24.6. The fourth-order valence-electron chi connectivity index (χ4n) is 3.59. The van der Waals surface area contributed by atoms with Gasteiger partial charge in [-0.25, -0.2) is 12.4 Å². The van der Waals surface area contributed by atoms with Crippen LogP contribution in [0.4, 0.5) is 11.6 Å². The van der Waals surface area contributed by atoms with Gasteiger partial charge in [0, 0.05) is 19.3 Å². The molecule has 0 saturated carbocycles. The van der Waals surface area contributed by atoms with Crippen LogP contribution in [0.5, 0.6) is 5.88 Å². The van der Waals surface area contributed by atoms with Crippen LogP contribution >= 0.6 is 0 Å². The van der Waals surface area contributed by atoms with Gasteiger partial charge in [0.15, 0.2) is 5.65 Å². The van der Waals surface area contributed by atoms with Gasteiger partial charge in [-0.3, -0.25) is 4.68 Å². The minimum absolute atomic E-state index is 0.0776. The number of ether oxygens (including phenoxy) is 1. The first-order valence-electron chi connectivity index (χ1n) is 11.3. The third-order valence-corrected chi connectivity index (χ3v) is 7.15. The molecule has 0 aliphatic heterocycles. The fraction of sp³-hybridized carbons (Fsp3) is 0.348. The van der Waals surface area contributed by atoms with E-state index in [9.17, 15) is 8.42 Å². The van der Waals surface area contributed by atoms with Crippen molar-refractivity contribution in [3.8, 4) is 5.88 Å². The number of hydrogen-bond acceptors (Lipinski definition) is 9. The Morgan fingerprint density at radius 1 is 1.09 bits per heavy atom. The second-order valence-corrected chi connectivity index (χ2v) is 9.73. The highest BCUT2D eigenvalue weighted by Crippen LogP contribution is 2.29. The zero-order valence-electron chi connectivity index (χ0n) is 19.9. The number of aliphatic hydroxyl groups excluding tert-OH is 1. The number of fused-ring (bicyclic) bond motifs is 1. The molecular weight excluding hydrogens is 470 g/mol. The minimum Gasteiger partial charge on any atom is -0.477 e. The van der Waals surface area contributed by atoms with Gasteiger partial charge in [0.05, 0.1) is 47.6 Å². The fourth-order valence-corrected chi connectivity index (χ4v) is 4.88. The normalized spacial score (nSPS) is 11.8. The molecule has 0 aliphatic rings. The van der Waals surface area contributed by atoms with E-state index < -0.39 is 10.0 Å². The Labute approximate surface area is 203 Å². The van der Waals surface area contributed by atoms with Crippen molar-refractivity contribution in [2.75, 3.05) is 31.6 Å². The summed E-state index contributed by atoms with van der Waals surface area (Å²) in [6.07, 6.45) is 3.13. The van der Waals surface area contributed by atoms with Crippen LogP contribution in [0.1, 0.15) is 18.2 Å². The van der Waals surface area contributed by atoms with Gasteiger partial charge in [-0.15, -0.1) is 0 Å². The maximum Gasteiger partial charge on any atom is 0.269 e. The Morgan fingerprint density at radius 2 is 1.86 bits per heavy atom. The lowest BCUT2D eigenvalue weighted by Gasteiger charge is -2.11. The summed E-state index contributed by atoms with van der Waals surface area (Å²) < 4.78 is 35.4. The number of anilines is 2. The molecule has 12 heteroatoms. The molecule has 1 aromatic carbocycles. The smallest absolute Gasteiger partial charge is 0.269 e. The van der Waals surface area contributed by atoms with E-state index in [4.69, 9.17) is 9.84 Å². The second kappa shape index (κ2) is 10.4.